The fourth-order valence-corrected chi connectivity index (χ4v) is 4.17. The summed E-state index contributed by atoms with van der Waals surface area (Å²) in [5.41, 5.74) is 3.39. The number of amides is 1. The summed E-state index contributed by atoms with van der Waals surface area (Å²) in [4.78, 5) is 28.2. The molecule has 3 aromatic carbocycles. The van der Waals surface area contributed by atoms with Gasteiger partial charge in [0.25, 0.3) is 11.7 Å². The number of benzene rings is 3. The van der Waals surface area contributed by atoms with Crippen LogP contribution in [0.4, 0.5) is 5.69 Å². The second-order valence-corrected chi connectivity index (χ2v) is 7.94. The predicted octanol–water partition coefficient (Wildman–Crippen LogP) is 4.95. The van der Waals surface area contributed by atoms with Gasteiger partial charge < -0.3 is 14.6 Å². The minimum atomic E-state index is -0.842. The zero-order valence-corrected chi connectivity index (χ0v) is 19.0. The molecule has 1 aliphatic rings. The van der Waals surface area contributed by atoms with Crippen molar-refractivity contribution in [2.24, 2.45) is 0 Å². The van der Waals surface area contributed by atoms with Gasteiger partial charge in [-0.2, -0.15) is 0 Å². The molecule has 1 amide bonds. The lowest BCUT2D eigenvalue weighted by Crippen LogP contribution is -2.30. The van der Waals surface area contributed by atoms with Gasteiger partial charge in [-0.25, -0.2) is 0 Å². The number of carbonyl (C=O) groups is 2. The summed E-state index contributed by atoms with van der Waals surface area (Å²) < 4.78 is 10.8. The lowest BCUT2D eigenvalue weighted by Gasteiger charge is -2.27. The Morgan fingerprint density at radius 1 is 0.909 bits per heavy atom. The van der Waals surface area contributed by atoms with Gasteiger partial charge in [0.05, 0.1) is 31.4 Å². The van der Waals surface area contributed by atoms with Gasteiger partial charge in [0.1, 0.15) is 17.3 Å². The van der Waals surface area contributed by atoms with Crippen LogP contribution in [-0.4, -0.2) is 31.0 Å². The van der Waals surface area contributed by atoms with Crippen LogP contribution in [0.5, 0.6) is 11.5 Å². The van der Waals surface area contributed by atoms with Crippen LogP contribution < -0.4 is 14.4 Å². The number of ether oxygens (including phenoxy) is 2. The molecular formula is C27H25NO5. The number of ketones is 1. The molecule has 1 saturated heterocycles. The fraction of sp³-hybridized carbons (Fsp3) is 0.185. The number of para-hydroxylation sites is 1. The number of Topliss-reactive ketones (excluding diaryl/α,β-unsaturated/α-hetero) is 1. The second kappa shape index (κ2) is 8.82. The van der Waals surface area contributed by atoms with Crippen molar-refractivity contribution in [1.29, 1.82) is 0 Å². The SMILES string of the molecule is COc1cccc(C2/C(=C(\O)c3ccccc3OC)C(=O)C(=O)N2c2cc(C)ccc2C)c1. The summed E-state index contributed by atoms with van der Waals surface area (Å²) in [6.45, 7) is 3.81. The normalized spacial score (nSPS) is 17.3. The number of aryl methyl sites for hydroxylation is 2. The van der Waals surface area contributed by atoms with E-state index in [4.69, 9.17) is 9.47 Å². The van der Waals surface area contributed by atoms with Crippen LogP contribution in [-0.2, 0) is 9.59 Å². The minimum Gasteiger partial charge on any atom is -0.507 e. The van der Waals surface area contributed by atoms with Crippen molar-refractivity contribution in [3.05, 3.63) is 94.6 Å². The number of nitrogens with zero attached hydrogens (tertiary/aromatic N) is 1. The maximum Gasteiger partial charge on any atom is 0.300 e. The quantitative estimate of drug-likeness (QED) is 0.343. The van der Waals surface area contributed by atoms with Gasteiger partial charge in [-0.3, -0.25) is 14.5 Å². The minimum absolute atomic E-state index is 0.00124. The van der Waals surface area contributed by atoms with E-state index in [1.54, 1.807) is 49.6 Å². The number of aliphatic hydroxyl groups excluding tert-OH is 1. The van der Waals surface area contributed by atoms with Crippen LogP contribution in [0.2, 0.25) is 0 Å². The number of hydrogen-bond donors (Lipinski definition) is 1. The topological polar surface area (TPSA) is 76.1 Å². The van der Waals surface area contributed by atoms with Crippen LogP contribution in [0, 0.1) is 13.8 Å². The first kappa shape index (κ1) is 22.1. The van der Waals surface area contributed by atoms with Crippen molar-refractivity contribution in [1.82, 2.24) is 0 Å². The smallest absolute Gasteiger partial charge is 0.300 e. The third-order valence-corrected chi connectivity index (χ3v) is 5.84. The monoisotopic (exact) mass is 443 g/mol. The van der Waals surface area contributed by atoms with E-state index in [9.17, 15) is 14.7 Å². The van der Waals surface area contributed by atoms with Crippen molar-refractivity contribution in [3.8, 4) is 11.5 Å². The Kier molecular flexibility index (Phi) is 5.92. The van der Waals surface area contributed by atoms with Gasteiger partial charge in [-0.15, -0.1) is 0 Å². The molecule has 0 spiro atoms. The third kappa shape index (κ3) is 3.84. The molecule has 168 valence electrons. The summed E-state index contributed by atoms with van der Waals surface area (Å²) in [5, 5.41) is 11.3. The molecule has 0 radical (unpaired) electrons. The predicted molar refractivity (Wildman–Crippen MR) is 127 cm³/mol. The maximum atomic E-state index is 13.4. The molecule has 6 nitrogen and oxygen atoms in total. The second-order valence-electron chi connectivity index (χ2n) is 7.94. The molecule has 0 aromatic heterocycles. The number of rotatable bonds is 5. The van der Waals surface area contributed by atoms with Crippen molar-refractivity contribution < 1.29 is 24.2 Å². The number of hydrogen-bond acceptors (Lipinski definition) is 5. The molecule has 1 N–H and O–H groups in total. The standard InChI is InChI=1S/C27H25NO5/c1-16-12-13-17(2)21(14-16)28-24(18-8-7-9-19(15-18)32-3)23(26(30)27(28)31)25(29)20-10-5-6-11-22(20)33-4/h5-15,24,29H,1-4H3/b25-23+. The van der Waals surface area contributed by atoms with Crippen LogP contribution in [0.25, 0.3) is 5.76 Å². The van der Waals surface area contributed by atoms with E-state index in [1.807, 2.05) is 38.1 Å². The van der Waals surface area contributed by atoms with E-state index in [0.717, 1.165) is 11.1 Å². The molecule has 3 aromatic rings. The molecule has 0 bridgehead atoms. The van der Waals surface area contributed by atoms with Gasteiger partial charge in [0.2, 0.25) is 0 Å². The fourth-order valence-electron chi connectivity index (χ4n) is 4.17. The largest absolute Gasteiger partial charge is 0.507 e. The Hall–Kier alpha value is -4.06. The first-order valence-electron chi connectivity index (χ1n) is 10.5. The summed E-state index contributed by atoms with van der Waals surface area (Å²) in [6, 6.07) is 18.9. The summed E-state index contributed by atoms with van der Waals surface area (Å²) in [7, 11) is 3.04. The highest BCUT2D eigenvalue weighted by Crippen LogP contribution is 2.44. The highest BCUT2D eigenvalue weighted by atomic mass is 16.5. The van der Waals surface area contributed by atoms with Crippen molar-refractivity contribution in [2.75, 3.05) is 19.1 Å². The molecule has 1 heterocycles. The number of carbonyl (C=O) groups excluding carboxylic acids is 2. The van der Waals surface area contributed by atoms with Gasteiger partial charge >= 0.3 is 0 Å². The van der Waals surface area contributed by atoms with Crippen molar-refractivity contribution >= 4 is 23.1 Å². The van der Waals surface area contributed by atoms with Gasteiger partial charge in [0.15, 0.2) is 0 Å². The Morgan fingerprint density at radius 3 is 2.39 bits per heavy atom. The maximum absolute atomic E-state index is 13.4. The molecule has 0 aliphatic carbocycles. The molecule has 33 heavy (non-hydrogen) atoms. The lowest BCUT2D eigenvalue weighted by molar-refractivity contribution is -0.132. The molecule has 1 atom stereocenters. The first-order chi connectivity index (χ1) is 15.9. The molecule has 6 heteroatoms. The highest BCUT2D eigenvalue weighted by Gasteiger charge is 2.47. The average molecular weight is 443 g/mol. The Balaban J connectivity index is 2.02. The number of anilines is 1. The van der Waals surface area contributed by atoms with Crippen LogP contribution in [0.15, 0.2) is 72.3 Å². The molecular weight excluding hydrogens is 418 g/mol. The molecule has 1 aliphatic heterocycles. The van der Waals surface area contributed by atoms with Crippen LogP contribution >= 0.6 is 0 Å². The van der Waals surface area contributed by atoms with E-state index in [0.29, 0.717) is 28.3 Å². The van der Waals surface area contributed by atoms with Crippen molar-refractivity contribution in [3.63, 3.8) is 0 Å². The average Bonchev–Trinajstić information content (AvgIpc) is 3.10. The van der Waals surface area contributed by atoms with E-state index in [-0.39, 0.29) is 11.3 Å². The zero-order valence-electron chi connectivity index (χ0n) is 19.0. The summed E-state index contributed by atoms with van der Waals surface area (Å²) in [6.07, 6.45) is 0. The van der Waals surface area contributed by atoms with E-state index < -0.39 is 17.7 Å². The van der Waals surface area contributed by atoms with E-state index >= 15 is 0 Å². The number of methoxy groups -OCH3 is 2. The molecule has 1 unspecified atom stereocenters. The van der Waals surface area contributed by atoms with Gasteiger partial charge in [0, 0.05) is 5.69 Å². The molecule has 4 rings (SSSR count). The van der Waals surface area contributed by atoms with Crippen LogP contribution in [0.3, 0.4) is 0 Å². The summed E-state index contributed by atoms with van der Waals surface area (Å²) in [5.74, 6) is -0.764. The first-order valence-corrected chi connectivity index (χ1v) is 10.5. The highest BCUT2D eigenvalue weighted by molar-refractivity contribution is 6.51. The Morgan fingerprint density at radius 2 is 1.67 bits per heavy atom. The zero-order chi connectivity index (χ0) is 23.7. The molecule has 0 saturated carbocycles. The number of aliphatic hydroxyl groups is 1. The lowest BCUT2D eigenvalue weighted by atomic mass is 9.94. The molecule has 1 fully saturated rings. The van der Waals surface area contributed by atoms with Gasteiger partial charge in [-0.1, -0.05) is 36.4 Å². The van der Waals surface area contributed by atoms with Crippen molar-refractivity contribution in [2.45, 2.75) is 19.9 Å². The van der Waals surface area contributed by atoms with Gasteiger partial charge in [-0.05, 0) is 60.9 Å². The Labute approximate surface area is 192 Å². The van der Waals surface area contributed by atoms with Crippen LogP contribution in [0.1, 0.15) is 28.3 Å². The van der Waals surface area contributed by atoms with E-state index in [1.165, 1.54) is 12.0 Å². The van der Waals surface area contributed by atoms with E-state index in [2.05, 4.69) is 0 Å². The third-order valence-electron chi connectivity index (χ3n) is 5.84. The summed E-state index contributed by atoms with van der Waals surface area (Å²) >= 11 is 0. The Bertz CT molecular complexity index is 1280.